The normalized spacial score (nSPS) is 24.0. The summed E-state index contributed by atoms with van der Waals surface area (Å²) in [5.41, 5.74) is 0. The van der Waals surface area contributed by atoms with Gasteiger partial charge in [0.2, 0.25) is 0 Å². The van der Waals surface area contributed by atoms with E-state index in [0.29, 0.717) is 6.54 Å². The molecule has 0 heterocycles. The quantitative estimate of drug-likeness (QED) is 0.663. The maximum absolute atomic E-state index is 11.6. The van der Waals surface area contributed by atoms with Crippen LogP contribution < -0.4 is 10.6 Å². The van der Waals surface area contributed by atoms with Crippen molar-refractivity contribution in [1.29, 1.82) is 0 Å². The van der Waals surface area contributed by atoms with E-state index in [1.165, 1.54) is 0 Å². The zero-order valence-electron chi connectivity index (χ0n) is 11.6. The number of urea groups is 1. The third-order valence-corrected chi connectivity index (χ3v) is 3.64. The van der Waals surface area contributed by atoms with Gasteiger partial charge >= 0.3 is 6.03 Å². The molecule has 1 aliphatic carbocycles. The maximum atomic E-state index is 11.6. The van der Waals surface area contributed by atoms with E-state index in [2.05, 4.69) is 29.4 Å². The summed E-state index contributed by atoms with van der Waals surface area (Å²) in [5.74, 6) is 0. The summed E-state index contributed by atoms with van der Waals surface area (Å²) >= 11 is 0. The van der Waals surface area contributed by atoms with Gasteiger partial charge in [0.05, 0.1) is 6.10 Å². The third-order valence-electron chi connectivity index (χ3n) is 3.64. The molecule has 5 nitrogen and oxygen atoms in total. The smallest absolute Gasteiger partial charge is 0.315 e. The molecule has 0 radical (unpaired) electrons. The lowest BCUT2D eigenvalue weighted by molar-refractivity contribution is 0.117. The Labute approximate surface area is 110 Å². The van der Waals surface area contributed by atoms with Crippen LogP contribution in [0.2, 0.25) is 0 Å². The first-order valence-electron chi connectivity index (χ1n) is 7.10. The van der Waals surface area contributed by atoms with Crippen LogP contribution >= 0.6 is 0 Å². The molecule has 1 fully saturated rings. The molecule has 1 saturated carbocycles. The van der Waals surface area contributed by atoms with Crippen molar-refractivity contribution in [2.75, 3.05) is 26.2 Å². The number of likely N-dealkylation sites (N-methyl/N-ethyl adjacent to an activating group) is 1. The summed E-state index contributed by atoms with van der Waals surface area (Å²) in [6.45, 7) is 7.85. The van der Waals surface area contributed by atoms with Crippen LogP contribution in [0.5, 0.6) is 0 Å². The van der Waals surface area contributed by atoms with Crippen LogP contribution in [0.1, 0.15) is 39.5 Å². The Morgan fingerprint density at radius 2 is 1.83 bits per heavy atom. The van der Waals surface area contributed by atoms with Crippen molar-refractivity contribution in [2.24, 2.45) is 0 Å². The van der Waals surface area contributed by atoms with Crippen molar-refractivity contribution in [1.82, 2.24) is 15.5 Å². The lowest BCUT2D eigenvalue weighted by Crippen LogP contribution is -2.46. The molecule has 106 valence electrons. The van der Waals surface area contributed by atoms with E-state index in [4.69, 9.17) is 0 Å². The highest BCUT2D eigenvalue weighted by molar-refractivity contribution is 5.74. The van der Waals surface area contributed by atoms with Gasteiger partial charge in [-0.05, 0) is 38.8 Å². The van der Waals surface area contributed by atoms with E-state index in [0.717, 1.165) is 45.3 Å². The minimum absolute atomic E-state index is 0.0801. The molecular weight excluding hydrogens is 230 g/mol. The average Bonchev–Trinajstić information content (AvgIpc) is 2.37. The minimum Gasteiger partial charge on any atom is -0.393 e. The molecule has 1 rings (SSSR count). The average molecular weight is 257 g/mol. The standard InChI is InChI=1S/C13H27N3O2/c1-3-16(4-2)10-9-14-13(18)15-11-5-7-12(17)8-6-11/h11-12,17H,3-10H2,1-2H3,(H2,14,15,18). The first-order chi connectivity index (χ1) is 8.65. The number of hydrogen-bond acceptors (Lipinski definition) is 3. The molecule has 0 saturated heterocycles. The summed E-state index contributed by atoms with van der Waals surface area (Å²) in [6, 6.07) is 0.144. The molecule has 3 N–H and O–H groups in total. The predicted molar refractivity (Wildman–Crippen MR) is 72.6 cm³/mol. The monoisotopic (exact) mass is 257 g/mol. The fourth-order valence-electron chi connectivity index (χ4n) is 2.32. The van der Waals surface area contributed by atoms with Gasteiger partial charge in [-0.1, -0.05) is 13.8 Å². The highest BCUT2D eigenvalue weighted by atomic mass is 16.3. The number of aliphatic hydroxyl groups excluding tert-OH is 1. The number of carbonyl (C=O) groups is 1. The Hall–Kier alpha value is -0.810. The topological polar surface area (TPSA) is 64.6 Å². The van der Waals surface area contributed by atoms with Crippen LogP contribution in [0.4, 0.5) is 4.79 Å². The Morgan fingerprint density at radius 3 is 2.39 bits per heavy atom. The lowest BCUT2D eigenvalue weighted by Gasteiger charge is -2.26. The molecule has 0 aliphatic heterocycles. The van der Waals surface area contributed by atoms with Gasteiger partial charge in [-0.15, -0.1) is 0 Å². The summed E-state index contributed by atoms with van der Waals surface area (Å²) in [5, 5.41) is 15.2. The van der Waals surface area contributed by atoms with Crippen LogP contribution in [0.15, 0.2) is 0 Å². The second-order valence-electron chi connectivity index (χ2n) is 4.93. The van der Waals surface area contributed by atoms with Gasteiger partial charge in [0.1, 0.15) is 0 Å². The van der Waals surface area contributed by atoms with Crippen LogP contribution in [0, 0.1) is 0 Å². The fraction of sp³-hybridized carbons (Fsp3) is 0.923. The van der Waals surface area contributed by atoms with Crippen molar-refractivity contribution in [2.45, 2.75) is 51.7 Å². The van der Waals surface area contributed by atoms with Gasteiger partial charge < -0.3 is 20.6 Å². The van der Waals surface area contributed by atoms with E-state index in [1.54, 1.807) is 0 Å². The molecule has 0 aromatic carbocycles. The second-order valence-corrected chi connectivity index (χ2v) is 4.93. The number of nitrogens with one attached hydrogen (secondary N) is 2. The molecule has 0 bridgehead atoms. The predicted octanol–water partition coefficient (Wildman–Crippen LogP) is 0.931. The number of carbonyl (C=O) groups excluding carboxylic acids is 1. The van der Waals surface area contributed by atoms with E-state index in [9.17, 15) is 9.90 Å². The fourth-order valence-corrected chi connectivity index (χ4v) is 2.32. The van der Waals surface area contributed by atoms with Crippen LogP contribution in [-0.2, 0) is 0 Å². The van der Waals surface area contributed by atoms with Crippen molar-refractivity contribution in [3.8, 4) is 0 Å². The number of nitrogens with zero attached hydrogens (tertiary/aromatic N) is 1. The van der Waals surface area contributed by atoms with E-state index < -0.39 is 0 Å². The Bertz CT molecular complexity index is 236. The molecule has 2 amide bonds. The van der Waals surface area contributed by atoms with Gasteiger partial charge in [-0.2, -0.15) is 0 Å². The van der Waals surface area contributed by atoms with Crippen molar-refractivity contribution < 1.29 is 9.90 Å². The van der Waals surface area contributed by atoms with Gasteiger partial charge in [0, 0.05) is 19.1 Å². The van der Waals surface area contributed by atoms with Gasteiger partial charge in [0.15, 0.2) is 0 Å². The molecule has 0 spiro atoms. The Balaban J connectivity index is 2.10. The molecule has 0 unspecified atom stereocenters. The van der Waals surface area contributed by atoms with Crippen LogP contribution in [0.25, 0.3) is 0 Å². The number of hydrogen-bond donors (Lipinski definition) is 3. The summed E-state index contributed by atoms with van der Waals surface area (Å²) in [7, 11) is 0. The molecule has 5 heteroatoms. The summed E-state index contributed by atoms with van der Waals surface area (Å²) in [6.07, 6.45) is 3.18. The zero-order valence-corrected chi connectivity index (χ0v) is 11.6. The minimum atomic E-state index is -0.172. The molecular formula is C13H27N3O2. The van der Waals surface area contributed by atoms with E-state index in [-0.39, 0.29) is 18.2 Å². The van der Waals surface area contributed by atoms with Gasteiger partial charge in [-0.25, -0.2) is 4.79 Å². The Kier molecular flexibility index (Phi) is 7.05. The largest absolute Gasteiger partial charge is 0.393 e. The molecule has 0 atom stereocenters. The van der Waals surface area contributed by atoms with Crippen molar-refractivity contribution in [3.05, 3.63) is 0 Å². The maximum Gasteiger partial charge on any atom is 0.315 e. The van der Waals surface area contributed by atoms with Crippen molar-refractivity contribution >= 4 is 6.03 Å². The number of aliphatic hydroxyl groups is 1. The zero-order chi connectivity index (χ0) is 13.4. The van der Waals surface area contributed by atoms with Gasteiger partial charge in [0.25, 0.3) is 0 Å². The summed E-state index contributed by atoms with van der Waals surface area (Å²) in [4.78, 5) is 13.9. The van der Waals surface area contributed by atoms with Gasteiger partial charge in [-0.3, -0.25) is 0 Å². The highest BCUT2D eigenvalue weighted by Crippen LogP contribution is 2.17. The SMILES string of the molecule is CCN(CC)CCNC(=O)NC1CCC(O)CC1. The molecule has 0 aromatic heterocycles. The number of rotatable bonds is 6. The Morgan fingerprint density at radius 1 is 1.22 bits per heavy atom. The molecule has 0 aromatic rings. The number of amides is 2. The van der Waals surface area contributed by atoms with E-state index in [1.807, 2.05) is 0 Å². The highest BCUT2D eigenvalue weighted by Gasteiger charge is 2.20. The van der Waals surface area contributed by atoms with Crippen molar-refractivity contribution in [3.63, 3.8) is 0 Å². The van der Waals surface area contributed by atoms with E-state index >= 15 is 0 Å². The van der Waals surface area contributed by atoms with Crippen LogP contribution in [-0.4, -0.2) is 54.4 Å². The summed E-state index contributed by atoms with van der Waals surface area (Å²) < 4.78 is 0. The molecule has 18 heavy (non-hydrogen) atoms. The third kappa shape index (κ3) is 5.69. The second kappa shape index (κ2) is 8.32. The van der Waals surface area contributed by atoms with Crippen LogP contribution in [0.3, 0.4) is 0 Å². The first-order valence-corrected chi connectivity index (χ1v) is 7.10. The molecule has 1 aliphatic rings. The first kappa shape index (κ1) is 15.2. The lowest BCUT2D eigenvalue weighted by atomic mass is 9.93.